The number of benzene rings is 2. The number of nitrogens with zero attached hydrogens (tertiary/aromatic N) is 1. The van der Waals surface area contributed by atoms with Crippen LogP contribution >= 0.6 is 0 Å². The van der Waals surface area contributed by atoms with Crippen LogP contribution in [-0.2, 0) is 16.2 Å². The Morgan fingerprint density at radius 1 is 1.08 bits per heavy atom. The van der Waals surface area contributed by atoms with Gasteiger partial charge in [-0.2, -0.15) is 17.5 Å². The van der Waals surface area contributed by atoms with E-state index in [1.54, 1.807) is 24.3 Å². The maximum atomic E-state index is 13.1. The number of hydrogen-bond acceptors (Lipinski definition) is 4. The van der Waals surface area contributed by atoms with E-state index in [-0.39, 0.29) is 13.2 Å². The Morgan fingerprint density at radius 2 is 1.69 bits per heavy atom. The van der Waals surface area contributed by atoms with E-state index in [9.17, 15) is 21.6 Å². The second-order valence-electron chi connectivity index (χ2n) is 5.78. The third-order valence-electron chi connectivity index (χ3n) is 3.91. The molecule has 2 aromatic carbocycles. The number of ether oxygens (including phenoxy) is 2. The Labute approximate surface area is 149 Å². The number of hydrogen-bond donors (Lipinski definition) is 0. The van der Waals surface area contributed by atoms with Crippen molar-refractivity contribution in [2.75, 3.05) is 20.2 Å². The van der Waals surface area contributed by atoms with Crippen LogP contribution in [0.2, 0.25) is 0 Å². The number of rotatable bonds is 4. The highest BCUT2D eigenvalue weighted by Gasteiger charge is 2.38. The zero-order valence-electron chi connectivity index (χ0n) is 13.7. The molecule has 1 aliphatic rings. The van der Waals surface area contributed by atoms with Crippen molar-refractivity contribution in [2.24, 2.45) is 0 Å². The summed E-state index contributed by atoms with van der Waals surface area (Å²) in [4.78, 5) is -0.785. The highest BCUT2D eigenvalue weighted by molar-refractivity contribution is 7.89. The smallest absolute Gasteiger partial charge is 0.417 e. The molecule has 0 saturated heterocycles. The van der Waals surface area contributed by atoms with Gasteiger partial charge in [0.15, 0.2) is 11.5 Å². The molecular formula is C17H16F3NO4S. The van der Waals surface area contributed by atoms with Gasteiger partial charge in [-0.1, -0.05) is 24.3 Å². The van der Waals surface area contributed by atoms with Crippen molar-refractivity contribution >= 4 is 10.0 Å². The van der Waals surface area contributed by atoms with Gasteiger partial charge in [-0.3, -0.25) is 0 Å². The molecular weight excluding hydrogens is 371 g/mol. The largest absolute Gasteiger partial charge is 0.486 e. The first-order chi connectivity index (χ1) is 12.2. The molecule has 0 aliphatic carbocycles. The summed E-state index contributed by atoms with van der Waals surface area (Å²) >= 11 is 0. The molecule has 1 unspecified atom stereocenters. The maximum absolute atomic E-state index is 13.1. The topological polar surface area (TPSA) is 55.8 Å². The highest BCUT2D eigenvalue weighted by atomic mass is 32.2. The van der Waals surface area contributed by atoms with Crippen molar-refractivity contribution in [3.63, 3.8) is 0 Å². The molecule has 26 heavy (non-hydrogen) atoms. The Kier molecular flexibility index (Phi) is 4.85. The van der Waals surface area contributed by atoms with E-state index < -0.39 is 32.8 Å². The van der Waals surface area contributed by atoms with Crippen LogP contribution in [-0.4, -0.2) is 39.0 Å². The van der Waals surface area contributed by atoms with Crippen molar-refractivity contribution in [3.05, 3.63) is 54.1 Å². The lowest BCUT2D eigenvalue weighted by Crippen LogP contribution is -2.42. The number of alkyl halides is 3. The van der Waals surface area contributed by atoms with Crippen LogP contribution in [0.4, 0.5) is 13.2 Å². The third-order valence-corrected chi connectivity index (χ3v) is 5.79. The summed E-state index contributed by atoms with van der Waals surface area (Å²) in [6, 6.07) is 11.0. The second kappa shape index (κ2) is 6.81. The van der Waals surface area contributed by atoms with Crippen molar-refractivity contribution in [1.82, 2.24) is 4.31 Å². The minimum Gasteiger partial charge on any atom is -0.486 e. The molecule has 9 heteroatoms. The number of para-hydroxylation sites is 2. The van der Waals surface area contributed by atoms with E-state index in [2.05, 4.69) is 0 Å². The van der Waals surface area contributed by atoms with Gasteiger partial charge in [0, 0.05) is 7.05 Å². The number of likely N-dealkylation sites (N-methyl/N-ethyl adjacent to an activating group) is 1. The summed E-state index contributed by atoms with van der Waals surface area (Å²) in [5.74, 6) is 1.00. The summed E-state index contributed by atoms with van der Waals surface area (Å²) in [7, 11) is -3.14. The first-order valence-corrected chi connectivity index (χ1v) is 9.14. The molecule has 0 saturated carbocycles. The minimum atomic E-state index is -4.77. The van der Waals surface area contributed by atoms with Crippen LogP contribution in [0.25, 0.3) is 0 Å². The first-order valence-electron chi connectivity index (χ1n) is 7.70. The zero-order chi connectivity index (χ0) is 18.9. The summed E-state index contributed by atoms with van der Waals surface area (Å²) in [6.07, 6.45) is -5.41. The predicted molar refractivity (Wildman–Crippen MR) is 87.6 cm³/mol. The van der Waals surface area contributed by atoms with Crippen LogP contribution in [0.1, 0.15) is 5.56 Å². The first kappa shape index (κ1) is 18.5. The summed E-state index contributed by atoms with van der Waals surface area (Å²) in [5.41, 5.74) is -1.20. The summed E-state index contributed by atoms with van der Waals surface area (Å²) in [6.45, 7) is -0.0549. The lowest BCUT2D eigenvalue weighted by molar-refractivity contribution is -0.139. The summed E-state index contributed by atoms with van der Waals surface area (Å²) < 4.78 is 76.7. The number of fused-ring (bicyclic) bond motifs is 1. The molecule has 0 amide bonds. The van der Waals surface area contributed by atoms with Crippen LogP contribution in [0, 0.1) is 0 Å². The molecule has 2 aromatic rings. The van der Waals surface area contributed by atoms with Crippen LogP contribution < -0.4 is 9.47 Å². The maximum Gasteiger partial charge on any atom is 0.417 e. The van der Waals surface area contributed by atoms with Crippen LogP contribution in [0.5, 0.6) is 11.5 Å². The van der Waals surface area contributed by atoms with Gasteiger partial charge < -0.3 is 9.47 Å². The average molecular weight is 387 g/mol. The lowest BCUT2D eigenvalue weighted by Gasteiger charge is -2.29. The van der Waals surface area contributed by atoms with E-state index in [4.69, 9.17) is 9.47 Å². The second-order valence-corrected chi connectivity index (χ2v) is 7.79. The van der Waals surface area contributed by atoms with Gasteiger partial charge >= 0.3 is 6.18 Å². The normalized spacial score (nSPS) is 17.3. The van der Waals surface area contributed by atoms with Gasteiger partial charge in [0.2, 0.25) is 10.0 Å². The molecule has 5 nitrogen and oxygen atoms in total. The molecule has 0 radical (unpaired) electrons. The minimum absolute atomic E-state index is 0.0950. The predicted octanol–water partition coefficient (Wildman–Crippen LogP) is 3.17. The van der Waals surface area contributed by atoms with E-state index in [1.165, 1.54) is 13.1 Å². The fraction of sp³-hybridized carbons (Fsp3) is 0.294. The van der Waals surface area contributed by atoms with Gasteiger partial charge in [0.1, 0.15) is 12.7 Å². The molecule has 1 aliphatic heterocycles. The molecule has 0 fully saturated rings. The molecule has 0 bridgehead atoms. The highest BCUT2D eigenvalue weighted by Crippen LogP contribution is 2.35. The van der Waals surface area contributed by atoms with Crippen molar-refractivity contribution in [1.29, 1.82) is 0 Å². The number of sulfonamides is 1. The summed E-state index contributed by atoms with van der Waals surface area (Å²) in [5, 5.41) is 0. The Morgan fingerprint density at radius 3 is 2.38 bits per heavy atom. The van der Waals surface area contributed by atoms with Gasteiger partial charge in [-0.25, -0.2) is 8.42 Å². The molecule has 1 atom stereocenters. The fourth-order valence-corrected chi connectivity index (χ4v) is 4.04. The number of halogens is 3. The lowest BCUT2D eigenvalue weighted by atomic mass is 10.2. The molecule has 3 rings (SSSR count). The van der Waals surface area contributed by atoms with Crippen LogP contribution in [0.15, 0.2) is 53.4 Å². The van der Waals surface area contributed by atoms with Gasteiger partial charge in [0.25, 0.3) is 0 Å². The average Bonchev–Trinajstić information content (AvgIpc) is 2.61. The molecule has 0 aromatic heterocycles. The fourth-order valence-electron chi connectivity index (χ4n) is 2.63. The SMILES string of the molecule is CN(CC1COc2ccccc2O1)S(=O)(=O)c1ccccc1C(F)(F)F. The van der Waals surface area contributed by atoms with Gasteiger partial charge in [-0.05, 0) is 24.3 Å². The standard InChI is InChI=1S/C17H16F3NO4S/c1-21(10-12-11-24-14-7-3-4-8-15(14)25-12)26(22,23)16-9-5-2-6-13(16)17(18,19)20/h2-9,12H,10-11H2,1H3. The quantitative estimate of drug-likeness (QED) is 0.809. The van der Waals surface area contributed by atoms with Crippen LogP contribution in [0.3, 0.4) is 0 Å². The van der Waals surface area contributed by atoms with Gasteiger partial charge in [-0.15, -0.1) is 0 Å². The van der Waals surface area contributed by atoms with E-state index in [0.29, 0.717) is 11.5 Å². The van der Waals surface area contributed by atoms with Crippen molar-refractivity contribution in [3.8, 4) is 11.5 Å². The Hall–Kier alpha value is -2.26. The molecule has 0 N–H and O–H groups in total. The monoisotopic (exact) mass is 387 g/mol. The van der Waals surface area contributed by atoms with Crippen molar-refractivity contribution < 1.29 is 31.1 Å². The molecule has 0 spiro atoms. The Balaban J connectivity index is 1.81. The molecule has 1 heterocycles. The van der Waals surface area contributed by atoms with E-state index in [1.807, 2.05) is 0 Å². The zero-order valence-corrected chi connectivity index (χ0v) is 14.5. The third kappa shape index (κ3) is 3.63. The van der Waals surface area contributed by atoms with Gasteiger partial charge in [0.05, 0.1) is 17.0 Å². The molecule has 140 valence electrons. The Bertz CT molecular complexity index is 899. The van der Waals surface area contributed by atoms with E-state index >= 15 is 0 Å². The van der Waals surface area contributed by atoms with Crippen molar-refractivity contribution in [2.45, 2.75) is 17.2 Å². The van der Waals surface area contributed by atoms with E-state index in [0.717, 1.165) is 22.5 Å².